The molecule has 0 aliphatic carbocycles. The third kappa shape index (κ3) is 2.44. The molecule has 2 rings (SSSR count). The molecule has 2 atom stereocenters. The number of hydrogen-bond acceptors (Lipinski definition) is 3. The summed E-state index contributed by atoms with van der Waals surface area (Å²) < 4.78 is 0. The first-order valence-corrected chi connectivity index (χ1v) is 6.65. The maximum absolute atomic E-state index is 12.2. The van der Waals surface area contributed by atoms with Gasteiger partial charge in [-0.25, -0.2) is 0 Å². The summed E-state index contributed by atoms with van der Waals surface area (Å²) in [7, 11) is 0. The van der Waals surface area contributed by atoms with Gasteiger partial charge in [0, 0.05) is 25.2 Å². The van der Waals surface area contributed by atoms with Crippen LogP contribution < -0.4 is 5.32 Å². The van der Waals surface area contributed by atoms with Crippen molar-refractivity contribution in [1.82, 2.24) is 10.2 Å². The van der Waals surface area contributed by atoms with Crippen LogP contribution in [0.2, 0.25) is 0 Å². The maximum Gasteiger partial charge on any atom is 0.227 e. The first kappa shape index (κ1) is 11.6. The van der Waals surface area contributed by atoms with Gasteiger partial charge in [-0.05, 0) is 36.2 Å². The largest absolute Gasteiger partial charge is 0.334 e. The smallest absolute Gasteiger partial charge is 0.227 e. The van der Waals surface area contributed by atoms with E-state index in [0.29, 0.717) is 18.5 Å². The lowest BCUT2D eigenvalue weighted by molar-refractivity contribution is -0.135. The van der Waals surface area contributed by atoms with Crippen LogP contribution in [0.5, 0.6) is 0 Å². The summed E-state index contributed by atoms with van der Waals surface area (Å²) in [5.74, 6) is 0.250. The fourth-order valence-corrected chi connectivity index (χ4v) is 2.95. The molecule has 0 aromatic carbocycles. The van der Waals surface area contributed by atoms with Crippen LogP contribution in [-0.4, -0.2) is 36.0 Å². The molecule has 1 amide bonds. The van der Waals surface area contributed by atoms with E-state index in [0.717, 1.165) is 18.7 Å². The number of rotatable bonds is 2. The lowest BCUT2D eigenvalue weighted by Gasteiger charge is -2.39. The fourth-order valence-electron chi connectivity index (χ4n) is 2.28. The SMILES string of the molecule is CC1CNCC(C)N1C(=O)Cc1ccsc1. The Morgan fingerprint density at radius 2 is 2.19 bits per heavy atom. The minimum absolute atomic E-state index is 0.250. The molecule has 0 bridgehead atoms. The van der Waals surface area contributed by atoms with Crippen LogP contribution in [-0.2, 0) is 11.2 Å². The van der Waals surface area contributed by atoms with E-state index in [1.165, 1.54) is 0 Å². The Balaban J connectivity index is 2.02. The number of nitrogens with zero attached hydrogens (tertiary/aromatic N) is 1. The molecule has 3 nitrogen and oxygen atoms in total. The van der Waals surface area contributed by atoms with E-state index in [1.807, 2.05) is 16.3 Å². The number of thiophene rings is 1. The number of piperazine rings is 1. The van der Waals surface area contributed by atoms with E-state index < -0.39 is 0 Å². The van der Waals surface area contributed by atoms with Crippen molar-refractivity contribution >= 4 is 17.2 Å². The summed E-state index contributed by atoms with van der Waals surface area (Å²) in [5.41, 5.74) is 1.13. The van der Waals surface area contributed by atoms with Crippen molar-refractivity contribution in [2.75, 3.05) is 13.1 Å². The first-order valence-electron chi connectivity index (χ1n) is 5.71. The summed E-state index contributed by atoms with van der Waals surface area (Å²) >= 11 is 1.65. The first-order chi connectivity index (χ1) is 7.68. The number of carbonyl (C=O) groups is 1. The highest BCUT2D eigenvalue weighted by atomic mass is 32.1. The van der Waals surface area contributed by atoms with E-state index in [2.05, 4.69) is 24.5 Å². The van der Waals surface area contributed by atoms with Gasteiger partial charge in [-0.15, -0.1) is 0 Å². The molecule has 1 aliphatic rings. The van der Waals surface area contributed by atoms with Crippen LogP contribution in [0.4, 0.5) is 0 Å². The van der Waals surface area contributed by atoms with Gasteiger partial charge in [-0.2, -0.15) is 11.3 Å². The molecule has 1 aromatic rings. The third-order valence-electron chi connectivity index (χ3n) is 3.05. The summed E-state index contributed by atoms with van der Waals surface area (Å²) in [6.07, 6.45) is 0.540. The van der Waals surface area contributed by atoms with Gasteiger partial charge in [0.2, 0.25) is 5.91 Å². The average Bonchev–Trinajstić information content (AvgIpc) is 2.70. The average molecular weight is 238 g/mol. The number of carbonyl (C=O) groups excluding carboxylic acids is 1. The lowest BCUT2D eigenvalue weighted by atomic mass is 10.1. The monoisotopic (exact) mass is 238 g/mol. The van der Waals surface area contributed by atoms with Gasteiger partial charge in [-0.3, -0.25) is 4.79 Å². The Bertz CT molecular complexity index is 340. The van der Waals surface area contributed by atoms with Crippen LogP contribution in [0.1, 0.15) is 19.4 Å². The van der Waals surface area contributed by atoms with Crippen molar-refractivity contribution < 1.29 is 4.79 Å². The molecule has 88 valence electrons. The molecule has 1 N–H and O–H groups in total. The second kappa shape index (κ2) is 4.97. The molecular formula is C12H18N2OS. The predicted octanol–water partition coefficient (Wildman–Crippen LogP) is 1.50. The van der Waals surface area contributed by atoms with Crippen molar-refractivity contribution in [3.05, 3.63) is 22.4 Å². The van der Waals surface area contributed by atoms with Gasteiger partial charge in [-0.1, -0.05) is 0 Å². The fraction of sp³-hybridized carbons (Fsp3) is 0.583. The minimum atomic E-state index is 0.250. The molecule has 2 heterocycles. The normalized spacial score (nSPS) is 25.8. The zero-order valence-electron chi connectivity index (χ0n) is 9.77. The molecule has 1 aliphatic heterocycles. The molecule has 1 saturated heterocycles. The van der Waals surface area contributed by atoms with Crippen molar-refractivity contribution in [3.63, 3.8) is 0 Å². The van der Waals surface area contributed by atoms with Gasteiger partial charge >= 0.3 is 0 Å². The number of amides is 1. The van der Waals surface area contributed by atoms with E-state index in [1.54, 1.807) is 11.3 Å². The van der Waals surface area contributed by atoms with Gasteiger partial charge in [0.25, 0.3) is 0 Å². The van der Waals surface area contributed by atoms with Gasteiger partial charge in [0.1, 0.15) is 0 Å². The quantitative estimate of drug-likeness (QED) is 0.847. The van der Waals surface area contributed by atoms with Crippen LogP contribution in [0, 0.1) is 0 Å². The Hall–Kier alpha value is -0.870. The van der Waals surface area contributed by atoms with Crippen LogP contribution in [0.3, 0.4) is 0 Å². The summed E-state index contributed by atoms with van der Waals surface area (Å²) in [6, 6.07) is 2.63. The Kier molecular flexibility index (Phi) is 3.61. The maximum atomic E-state index is 12.2. The third-order valence-corrected chi connectivity index (χ3v) is 3.78. The Morgan fingerprint density at radius 3 is 2.75 bits per heavy atom. The highest BCUT2D eigenvalue weighted by Gasteiger charge is 2.28. The standard InChI is InChI=1S/C12H18N2OS/c1-9-6-13-7-10(2)14(9)12(15)5-11-3-4-16-8-11/h3-4,8-10,13H,5-7H2,1-2H3. The minimum Gasteiger partial charge on any atom is -0.334 e. The molecule has 0 saturated carbocycles. The zero-order valence-corrected chi connectivity index (χ0v) is 10.6. The predicted molar refractivity (Wildman–Crippen MR) is 66.7 cm³/mol. The van der Waals surface area contributed by atoms with Crippen molar-refractivity contribution in [3.8, 4) is 0 Å². The van der Waals surface area contributed by atoms with Crippen LogP contribution >= 0.6 is 11.3 Å². The molecule has 0 spiro atoms. The summed E-state index contributed by atoms with van der Waals surface area (Å²) in [6.45, 7) is 6.02. The van der Waals surface area contributed by atoms with Crippen molar-refractivity contribution in [2.45, 2.75) is 32.4 Å². The van der Waals surface area contributed by atoms with E-state index in [-0.39, 0.29) is 5.91 Å². The topological polar surface area (TPSA) is 32.3 Å². The van der Waals surface area contributed by atoms with Crippen LogP contribution in [0.25, 0.3) is 0 Å². The summed E-state index contributed by atoms with van der Waals surface area (Å²) in [5, 5.41) is 7.41. The van der Waals surface area contributed by atoms with Gasteiger partial charge < -0.3 is 10.2 Å². The summed E-state index contributed by atoms with van der Waals surface area (Å²) in [4.78, 5) is 14.2. The molecule has 1 fully saturated rings. The highest BCUT2D eigenvalue weighted by Crippen LogP contribution is 2.14. The molecule has 1 aromatic heterocycles. The molecule has 16 heavy (non-hydrogen) atoms. The van der Waals surface area contributed by atoms with Gasteiger partial charge in [0.05, 0.1) is 6.42 Å². The molecule has 4 heteroatoms. The number of hydrogen-bond donors (Lipinski definition) is 1. The number of nitrogens with one attached hydrogen (secondary N) is 1. The second-order valence-electron chi connectivity index (χ2n) is 4.47. The Morgan fingerprint density at radius 1 is 1.50 bits per heavy atom. The highest BCUT2D eigenvalue weighted by molar-refractivity contribution is 7.07. The molecular weight excluding hydrogens is 220 g/mol. The van der Waals surface area contributed by atoms with E-state index >= 15 is 0 Å². The van der Waals surface area contributed by atoms with E-state index in [9.17, 15) is 4.79 Å². The van der Waals surface area contributed by atoms with Gasteiger partial charge in [0.15, 0.2) is 0 Å². The lowest BCUT2D eigenvalue weighted by Crippen LogP contribution is -2.57. The van der Waals surface area contributed by atoms with Crippen molar-refractivity contribution in [2.24, 2.45) is 0 Å². The van der Waals surface area contributed by atoms with E-state index in [4.69, 9.17) is 0 Å². The Labute approximate surface area is 100 Å². The van der Waals surface area contributed by atoms with Crippen LogP contribution in [0.15, 0.2) is 16.8 Å². The molecule has 0 radical (unpaired) electrons. The molecule has 2 unspecified atom stereocenters. The zero-order chi connectivity index (χ0) is 11.5. The second-order valence-corrected chi connectivity index (χ2v) is 5.25. The van der Waals surface area contributed by atoms with Crippen molar-refractivity contribution in [1.29, 1.82) is 0 Å².